The van der Waals surface area contributed by atoms with Crippen LogP contribution in [0.15, 0.2) is 24.2 Å². The molecule has 8 heavy (non-hydrogen) atoms. The lowest BCUT2D eigenvalue weighted by molar-refractivity contribution is 0.420. The summed E-state index contributed by atoms with van der Waals surface area (Å²) < 4.78 is 0. The molecule has 0 bridgehead atoms. The minimum Gasteiger partial charge on any atom is -0.423 e. The lowest BCUT2D eigenvalue weighted by Crippen LogP contribution is -2.12. The first-order valence-electron chi connectivity index (χ1n) is 2.37. The van der Waals surface area contributed by atoms with Gasteiger partial charge in [-0.3, -0.25) is 0 Å². The van der Waals surface area contributed by atoms with Crippen molar-refractivity contribution in [3.8, 4) is 0 Å². The first-order chi connectivity index (χ1) is 3.72. The minimum atomic E-state index is -1.38. The van der Waals surface area contributed by atoms with E-state index in [-0.39, 0.29) is 0 Å². The predicted molar refractivity (Wildman–Crippen MR) is 34.1 cm³/mol. The molecule has 0 spiro atoms. The van der Waals surface area contributed by atoms with Gasteiger partial charge in [0.05, 0.1) is 0 Å². The topological polar surface area (TPSA) is 40.5 Å². The van der Waals surface area contributed by atoms with Gasteiger partial charge in [0, 0.05) is 0 Å². The lowest BCUT2D eigenvalue weighted by atomic mass is 9.79. The number of hydrogen-bond acceptors (Lipinski definition) is 2. The monoisotopic (exact) mass is 112 g/mol. The van der Waals surface area contributed by atoms with Gasteiger partial charge in [-0.1, -0.05) is 18.7 Å². The predicted octanol–water partition coefficient (Wildman–Crippen LogP) is 0.131. The van der Waals surface area contributed by atoms with E-state index in [4.69, 9.17) is 10.0 Å². The molecule has 0 aromatic rings. The average molecular weight is 112 g/mol. The molecule has 2 nitrogen and oxygen atoms in total. The van der Waals surface area contributed by atoms with Gasteiger partial charge in [-0.05, 0) is 12.4 Å². The second kappa shape index (κ2) is 3.46. The Labute approximate surface area is 49.3 Å². The Morgan fingerprint density at radius 1 is 1.62 bits per heavy atom. The molecule has 2 N–H and O–H groups in total. The van der Waals surface area contributed by atoms with Crippen molar-refractivity contribution in [1.82, 2.24) is 0 Å². The third-order valence-electron chi connectivity index (χ3n) is 0.867. The number of rotatable bonds is 2. The number of allylic oxidation sites excluding steroid dienone is 3. The molecule has 0 heterocycles. The quantitative estimate of drug-likeness (QED) is 0.393. The number of hydrogen-bond donors (Lipinski definition) is 2. The molecule has 0 fully saturated rings. The molecule has 0 aliphatic carbocycles. The van der Waals surface area contributed by atoms with Crippen molar-refractivity contribution in [2.24, 2.45) is 0 Å². The average Bonchev–Trinajstić information content (AvgIpc) is 1.69. The maximum Gasteiger partial charge on any atom is 0.488 e. The molecular formula is C5H9BO2. The van der Waals surface area contributed by atoms with Crippen molar-refractivity contribution in [2.45, 2.75) is 6.92 Å². The Bertz CT molecular complexity index is 107. The zero-order valence-corrected chi connectivity index (χ0v) is 4.83. The van der Waals surface area contributed by atoms with Crippen molar-refractivity contribution in [3.05, 3.63) is 24.2 Å². The highest BCUT2D eigenvalue weighted by Gasteiger charge is 2.08. The molecule has 0 atom stereocenters. The normalized spacial score (nSPS) is 11.1. The van der Waals surface area contributed by atoms with Crippen LogP contribution >= 0.6 is 0 Å². The van der Waals surface area contributed by atoms with E-state index in [1.807, 2.05) is 0 Å². The summed E-state index contributed by atoms with van der Waals surface area (Å²) >= 11 is 0. The standard InChI is InChI=1S/C5H9BO2/c1-3-5(4-2)6(7)8/h3-4,7-8H,1H2,2H3. The van der Waals surface area contributed by atoms with Gasteiger partial charge in [0.15, 0.2) is 0 Å². The molecule has 0 amide bonds. The Morgan fingerprint density at radius 2 is 2.12 bits per heavy atom. The van der Waals surface area contributed by atoms with Crippen molar-refractivity contribution < 1.29 is 10.0 Å². The highest BCUT2D eigenvalue weighted by molar-refractivity contribution is 6.51. The third kappa shape index (κ3) is 1.96. The summed E-state index contributed by atoms with van der Waals surface area (Å²) in [5, 5.41) is 16.9. The maximum absolute atomic E-state index is 8.43. The fourth-order valence-corrected chi connectivity index (χ4v) is 0.372. The van der Waals surface area contributed by atoms with Crippen LogP contribution in [0.5, 0.6) is 0 Å². The first-order valence-corrected chi connectivity index (χ1v) is 2.37. The van der Waals surface area contributed by atoms with Gasteiger partial charge in [-0.15, -0.1) is 0 Å². The van der Waals surface area contributed by atoms with E-state index in [0.717, 1.165) is 0 Å². The van der Waals surface area contributed by atoms with Crippen LogP contribution in [0, 0.1) is 0 Å². The van der Waals surface area contributed by atoms with Crippen LogP contribution in [-0.2, 0) is 0 Å². The summed E-state index contributed by atoms with van der Waals surface area (Å²) in [4.78, 5) is 0. The van der Waals surface area contributed by atoms with E-state index >= 15 is 0 Å². The summed E-state index contributed by atoms with van der Waals surface area (Å²) in [5.41, 5.74) is 0.435. The van der Waals surface area contributed by atoms with Gasteiger partial charge in [0.25, 0.3) is 0 Å². The molecule has 3 heteroatoms. The van der Waals surface area contributed by atoms with Crippen LogP contribution < -0.4 is 0 Å². The second-order valence-corrected chi connectivity index (χ2v) is 1.37. The van der Waals surface area contributed by atoms with Gasteiger partial charge in [-0.25, -0.2) is 0 Å². The van der Waals surface area contributed by atoms with Crippen LogP contribution in [0.2, 0.25) is 0 Å². The van der Waals surface area contributed by atoms with E-state index in [1.165, 1.54) is 6.08 Å². The lowest BCUT2D eigenvalue weighted by Gasteiger charge is -1.94. The molecule has 0 aromatic carbocycles. The smallest absolute Gasteiger partial charge is 0.423 e. The van der Waals surface area contributed by atoms with Gasteiger partial charge < -0.3 is 10.0 Å². The summed E-state index contributed by atoms with van der Waals surface area (Å²) in [6, 6.07) is 0. The van der Waals surface area contributed by atoms with E-state index in [0.29, 0.717) is 5.47 Å². The van der Waals surface area contributed by atoms with Crippen LogP contribution in [0.25, 0.3) is 0 Å². The molecule has 0 aliphatic rings. The van der Waals surface area contributed by atoms with Crippen LogP contribution in [0.3, 0.4) is 0 Å². The minimum absolute atomic E-state index is 0.435. The zero-order valence-electron chi connectivity index (χ0n) is 4.83. The Balaban J connectivity index is 3.91. The Kier molecular flexibility index (Phi) is 3.23. The molecule has 0 aliphatic heterocycles. The van der Waals surface area contributed by atoms with Crippen LogP contribution in [0.4, 0.5) is 0 Å². The Hall–Kier alpha value is -0.535. The molecule has 0 aromatic heterocycles. The second-order valence-electron chi connectivity index (χ2n) is 1.37. The molecule has 0 radical (unpaired) electrons. The van der Waals surface area contributed by atoms with E-state index in [1.54, 1.807) is 13.0 Å². The van der Waals surface area contributed by atoms with Crippen molar-refractivity contribution in [1.29, 1.82) is 0 Å². The van der Waals surface area contributed by atoms with Crippen LogP contribution in [0.1, 0.15) is 6.92 Å². The fraction of sp³-hybridized carbons (Fsp3) is 0.200. The maximum atomic E-state index is 8.43. The molecule has 0 unspecified atom stereocenters. The highest BCUT2D eigenvalue weighted by atomic mass is 16.4. The first kappa shape index (κ1) is 7.46. The Morgan fingerprint density at radius 3 is 2.12 bits per heavy atom. The molecular weight excluding hydrogens is 103 g/mol. The summed E-state index contributed by atoms with van der Waals surface area (Å²) in [6.07, 6.45) is 3.00. The van der Waals surface area contributed by atoms with Crippen molar-refractivity contribution >= 4 is 7.12 Å². The highest BCUT2D eigenvalue weighted by Crippen LogP contribution is 1.94. The van der Waals surface area contributed by atoms with Gasteiger partial charge in [-0.2, -0.15) is 0 Å². The summed E-state index contributed by atoms with van der Waals surface area (Å²) in [5.74, 6) is 0. The largest absolute Gasteiger partial charge is 0.488 e. The van der Waals surface area contributed by atoms with Gasteiger partial charge >= 0.3 is 7.12 Å². The SMILES string of the molecule is C=CC(=CC)B(O)O. The molecule has 0 saturated carbocycles. The van der Waals surface area contributed by atoms with E-state index < -0.39 is 7.12 Å². The molecule has 0 saturated heterocycles. The van der Waals surface area contributed by atoms with Crippen LogP contribution in [-0.4, -0.2) is 17.2 Å². The molecule has 44 valence electrons. The summed E-state index contributed by atoms with van der Waals surface area (Å²) in [7, 11) is -1.38. The van der Waals surface area contributed by atoms with E-state index in [9.17, 15) is 0 Å². The third-order valence-corrected chi connectivity index (χ3v) is 0.867. The van der Waals surface area contributed by atoms with Gasteiger partial charge in [0.2, 0.25) is 0 Å². The zero-order chi connectivity index (χ0) is 6.57. The van der Waals surface area contributed by atoms with Crippen molar-refractivity contribution in [3.63, 3.8) is 0 Å². The van der Waals surface area contributed by atoms with E-state index in [2.05, 4.69) is 6.58 Å². The van der Waals surface area contributed by atoms with Gasteiger partial charge in [0.1, 0.15) is 0 Å². The fourth-order valence-electron chi connectivity index (χ4n) is 0.372. The molecule has 0 rings (SSSR count). The van der Waals surface area contributed by atoms with Crippen molar-refractivity contribution in [2.75, 3.05) is 0 Å². The summed E-state index contributed by atoms with van der Waals surface area (Å²) in [6.45, 7) is 5.08.